The predicted molar refractivity (Wildman–Crippen MR) is 99.4 cm³/mol. The van der Waals surface area contributed by atoms with Gasteiger partial charge in [-0.15, -0.1) is 5.92 Å². The van der Waals surface area contributed by atoms with Crippen LogP contribution in [-0.4, -0.2) is 32.3 Å². The van der Waals surface area contributed by atoms with Gasteiger partial charge in [-0.2, -0.15) is 5.10 Å². The van der Waals surface area contributed by atoms with Gasteiger partial charge >= 0.3 is 0 Å². The number of rotatable bonds is 4. The summed E-state index contributed by atoms with van der Waals surface area (Å²) < 4.78 is 0. The molecule has 0 radical (unpaired) electrons. The van der Waals surface area contributed by atoms with Crippen molar-refractivity contribution in [3.63, 3.8) is 0 Å². The summed E-state index contributed by atoms with van der Waals surface area (Å²) in [5.74, 6) is 7.56. The summed E-state index contributed by atoms with van der Waals surface area (Å²) in [7, 11) is 1.72. The van der Waals surface area contributed by atoms with Crippen LogP contribution in [0.25, 0.3) is 5.57 Å². The van der Waals surface area contributed by atoms with Gasteiger partial charge in [0.1, 0.15) is 0 Å². The molecule has 0 aliphatic carbocycles. The maximum atomic E-state index is 12.3. The zero-order chi connectivity index (χ0) is 18.2. The second-order valence-electron chi connectivity index (χ2n) is 5.31. The molecule has 0 spiro atoms. The number of nitrogens with one attached hydrogen (secondary N) is 3. The van der Waals surface area contributed by atoms with E-state index in [4.69, 9.17) is 5.26 Å². The van der Waals surface area contributed by atoms with Crippen molar-refractivity contribution in [2.45, 2.75) is 13.1 Å². The Hall–Kier alpha value is -3.52. The Morgan fingerprint density at radius 1 is 1.44 bits per heavy atom. The lowest BCUT2D eigenvalue weighted by Gasteiger charge is -2.14. The molecule has 0 atom stereocenters. The fraction of sp³-hybridized carbons (Fsp3) is 0.176. The molecule has 0 unspecified atom stereocenters. The van der Waals surface area contributed by atoms with E-state index in [9.17, 15) is 9.59 Å². The van der Waals surface area contributed by atoms with Gasteiger partial charge in [0.2, 0.25) is 6.41 Å². The molecule has 0 fully saturated rings. The highest BCUT2D eigenvalue weighted by atomic mass is 16.2. The van der Waals surface area contributed by atoms with Gasteiger partial charge in [-0.05, 0) is 18.2 Å². The molecule has 2 rings (SSSR count). The summed E-state index contributed by atoms with van der Waals surface area (Å²) in [5, 5.41) is 18.2. The van der Waals surface area contributed by atoms with E-state index in [0.29, 0.717) is 40.8 Å². The van der Waals surface area contributed by atoms with Crippen molar-refractivity contribution in [3.05, 3.63) is 29.3 Å². The number of nitrogens with zero attached hydrogens (tertiary/aromatic N) is 2. The van der Waals surface area contributed by atoms with Gasteiger partial charge in [0.05, 0.1) is 11.8 Å². The summed E-state index contributed by atoms with van der Waals surface area (Å²) >= 11 is 0. The molecule has 1 aromatic carbocycles. The Morgan fingerprint density at radius 2 is 2.24 bits per heavy atom. The molecule has 25 heavy (non-hydrogen) atoms. The second kappa shape index (κ2) is 8.37. The van der Waals surface area contributed by atoms with Gasteiger partial charge in [-0.1, -0.05) is 12.7 Å². The smallest absolute Gasteiger partial charge is 0.276 e. The molecule has 0 saturated carbocycles. The highest BCUT2D eigenvalue weighted by Gasteiger charge is 2.21. The number of carbonyl (C=O) groups excluding carboxylic acids is 2. The van der Waals surface area contributed by atoms with Gasteiger partial charge < -0.3 is 10.6 Å². The monoisotopic (exact) mass is 333 g/mol. The van der Waals surface area contributed by atoms with Crippen LogP contribution in [0, 0.1) is 23.1 Å². The van der Waals surface area contributed by atoms with E-state index in [2.05, 4.69) is 39.0 Å². The zero-order valence-electron chi connectivity index (χ0n) is 13.9. The van der Waals surface area contributed by atoms with Crippen molar-refractivity contribution in [1.82, 2.24) is 5.43 Å². The highest BCUT2D eigenvalue weighted by Crippen LogP contribution is 2.31. The normalized spacial score (nSPS) is 13.5. The minimum Gasteiger partial charge on any atom is -0.388 e. The standard InChI is InChI=1S/C17H16BN5O2/c1-18(10-19)6-4-3-5-12-9-22-23-17(25)14-7-13(21-11-24)8-15(20-2)16(12)14/h5,7-9,11,20H,6H2,1-2H3,(H,21,24)(H,23,25)/b12-5+. The Morgan fingerprint density at radius 3 is 2.92 bits per heavy atom. The van der Waals surface area contributed by atoms with Crippen molar-refractivity contribution in [3.8, 4) is 17.8 Å². The first-order valence-corrected chi connectivity index (χ1v) is 7.58. The van der Waals surface area contributed by atoms with Crippen molar-refractivity contribution in [1.29, 1.82) is 5.26 Å². The van der Waals surface area contributed by atoms with E-state index in [0.717, 1.165) is 0 Å². The highest BCUT2D eigenvalue weighted by molar-refractivity contribution is 6.66. The summed E-state index contributed by atoms with van der Waals surface area (Å²) in [6.45, 7) is 1.65. The molecular weight excluding hydrogens is 317 g/mol. The third kappa shape index (κ3) is 4.27. The Bertz CT molecular complexity index is 858. The summed E-state index contributed by atoms with van der Waals surface area (Å²) in [6, 6.07) is 3.30. The molecule has 1 heterocycles. The van der Waals surface area contributed by atoms with E-state index in [1.54, 1.807) is 32.1 Å². The van der Waals surface area contributed by atoms with Gasteiger partial charge in [0, 0.05) is 41.8 Å². The minimum atomic E-state index is -0.383. The zero-order valence-corrected chi connectivity index (χ0v) is 13.9. The summed E-state index contributed by atoms with van der Waals surface area (Å²) in [6.07, 6.45) is 4.17. The fourth-order valence-corrected chi connectivity index (χ4v) is 2.26. The number of carbonyl (C=O) groups is 2. The quantitative estimate of drug-likeness (QED) is 0.442. The SMILES string of the molecule is CNc1cc(NC=O)cc2c1/C(=C/C#CCB(C)C#N)C=NNC2=O. The van der Waals surface area contributed by atoms with Gasteiger partial charge in [0.15, 0.2) is 0 Å². The molecule has 124 valence electrons. The molecule has 0 bridgehead atoms. The molecule has 2 amide bonds. The topological polar surface area (TPSA) is 106 Å². The van der Waals surface area contributed by atoms with Crippen molar-refractivity contribution in [2.75, 3.05) is 17.7 Å². The molecule has 1 aromatic rings. The van der Waals surface area contributed by atoms with Crippen LogP contribution >= 0.6 is 0 Å². The Kier molecular flexibility index (Phi) is 5.97. The molecule has 8 heteroatoms. The molecule has 0 aromatic heterocycles. The molecule has 3 N–H and O–H groups in total. The number of fused-ring (bicyclic) bond motifs is 1. The maximum absolute atomic E-state index is 12.3. The van der Waals surface area contributed by atoms with Crippen LogP contribution in [0.2, 0.25) is 13.1 Å². The predicted octanol–water partition coefficient (Wildman–Crippen LogP) is 1.60. The van der Waals surface area contributed by atoms with Gasteiger partial charge in [0.25, 0.3) is 12.6 Å². The number of benzene rings is 1. The number of allylic oxidation sites excluding steroid dienone is 2. The van der Waals surface area contributed by atoms with E-state index < -0.39 is 0 Å². The van der Waals surface area contributed by atoms with Crippen LogP contribution in [0.4, 0.5) is 11.4 Å². The largest absolute Gasteiger partial charge is 0.388 e. The second-order valence-corrected chi connectivity index (χ2v) is 5.31. The average molecular weight is 333 g/mol. The lowest BCUT2D eigenvalue weighted by Crippen LogP contribution is -2.17. The molecule has 1 aliphatic rings. The third-order valence-electron chi connectivity index (χ3n) is 3.49. The molecule has 7 nitrogen and oxygen atoms in total. The molecular formula is C17H16BN5O2. The fourth-order valence-electron chi connectivity index (χ4n) is 2.26. The maximum Gasteiger partial charge on any atom is 0.276 e. The van der Waals surface area contributed by atoms with Gasteiger partial charge in [-0.3, -0.25) is 9.59 Å². The van der Waals surface area contributed by atoms with Crippen molar-refractivity contribution < 1.29 is 9.59 Å². The van der Waals surface area contributed by atoms with Crippen LogP contribution in [0.5, 0.6) is 0 Å². The Balaban J connectivity index is 2.52. The summed E-state index contributed by atoms with van der Waals surface area (Å²) in [4.78, 5) is 23.0. The first-order chi connectivity index (χ1) is 12.1. The van der Waals surface area contributed by atoms with Crippen molar-refractivity contribution in [2.24, 2.45) is 5.10 Å². The van der Waals surface area contributed by atoms with Crippen LogP contribution in [-0.2, 0) is 4.79 Å². The van der Waals surface area contributed by atoms with Gasteiger partial charge in [-0.25, -0.2) is 10.7 Å². The lowest BCUT2D eigenvalue weighted by molar-refractivity contribution is -0.105. The average Bonchev–Trinajstić information content (AvgIpc) is 2.77. The number of nitriles is 1. The first-order valence-electron chi connectivity index (χ1n) is 7.58. The number of hydrazone groups is 1. The van der Waals surface area contributed by atoms with E-state index in [1.165, 1.54) is 6.21 Å². The summed E-state index contributed by atoms with van der Waals surface area (Å²) in [5.41, 5.74) is 5.22. The van der Waals surface area contributed by atoms with E-state index >= 15 is 0 Å². The van der Waals surface area contributed by atoms with Crippen molar-refractivity contribution >= 4 is 42.2 Å². The molecule has 0 saturated heterocycles. The van der Waals surface area contributed by atoms with Crippen LogP contribution < -0.4 is 16.1 Å². The third-order valence-corrected chi connectivity index (χ3v) is 3.49. The van der Waals surface area contributed by atoms with Crippen LogP contribution in [0.1, 0.15) is 15.9 Å². The van der Waals surface area contributed by atoms with Crippen LogP contribution in [0.3, 0.4) is 0 Å². The number of hydrogen-bond donors (Lipinski definition) is 3. The van der Waals surface area contributed by atoms with E-state index in [1.807, 2.05) is 0 Å². The first kappa shape index (κ1) is 17.8. The Labute approximate surface area is 146 Å². The number of amides is 2. The number of hydrogen-bond acceptors (Lipinski definition) is 5. The van der Waals surface area contributed by atoms with E-state index in [-0.39, 0.29) is 12.6 Å². The molecule has 1 aliphatic heterocycles. The lowest BCUT2D eigenvalue weighted by atomic mass is 9.52. The number of anilines is 2. The minimum absolute atomic E-state index is 0.144. The van der Waals surface area contributed by atoms with Crippen LogP contribution in [0.15, 0.2) is 23.3 Å².